The number of hydrogen-bond acceptors (Lipinski definition) is 17. The number of aliphatic hydroxyl groups is 6. The van der Waals surface area contributed by atoms with E-state index in [-0.39, 0.29) is 12.8 Å². The predicted molar refractivity (Wildman–Crippen MR) is 168 cm³/mol. The first-order chi connectivity index (χ1) is 23.6. The fourth-order valence-electron chi connectivity index (χ4n) is 6.15. The minimum atomic E-state index is -1.91. The summed E-state index contributed by atoms with van der Waals surface area (Å²) in [5.41, 5.74) is -1.91. The normalized spacial score (nSPS) is 37.7. The molecule has 1 amide bonds. The highest BCUT2D eigenvalue weighted by Crippen LogP contribution is 2.39. The summed E-state index contributed by atoms with van der Waals surface area (Å²) >= 11 is 0. The van der Waals surface area contributed by atoms with Crippen LogP contribution in [0.4, 0.5) is 0 Å². The summed E-state index contributed by atoms with van der Waals surface area (Å²) in [4.78, 5) is 51.0. The van der Waals surface area contributed by atoms with Crippen molar-refractivity contribution in [2.45, 2.75) is 146 Å². The second kappa shape index (κ2) is 17.5. The molecule has 14 atom stereocenters. The van der Waals surface area contributed by atoms with Crippen LogP contribution in [0.15, 0.2) is 0 Å². The van der Waals surface area contributed by atoms with E-state index in [2.05, 4.69) is 5.32 Å². The molecule has 0 bridgehead atoms. The SMILES string of the molecule is CC(=O)N[C@@H]1[C@H](O[C@H]2C[C@H](C(=O)OC(C)(C)C)[C@@H](C(=O)OC(C)(C)C)C[C@H]2OCC(=O)O)O[C@@H](CO)[C@H](O)[C@@H]1O[C@@H]1O[C@@H](CO)[C@H](O)[C@H](O)[C@@H]1O. The first-order valence-electron chi connectivity index (χ1n) is 16.7. The van der Waals surface area contributed by atoms with Crippen LogP contribution < -0.4 is 5.32 Å². The zero-order valence-electron chi connectivity index (χ0n) is 29.7. The summed E-state index contributed by atoms with van der Waals surface area (Å²) < 4.78 is 40.3. The topological polar surface area (TPSA) is 287 Å². The Morgan fingerprint density at radius 1 is 0.706 bits per heavy atom. The van der Waals surface area contributed by atoms with Gasteiger partial charge in [0, 0.05) is 6.92 Å². The number of carbonyl (C=O) groups is 4. The molecule has 3 aliphatic rings. The number of carboxylic acids is 1. The third-order valence-corrected chi connectivity index (χ3v) is 8.38. The Morgan fingerprint density at radius 2 is 1.20 bits per heavy atom. The lowest BCUT2D eigenvalue weighted by Gasteiger charge is -2.49. The lowest BCUT2D eigenvalue weighted by atomic mass is 9.76. The van der Waals surface area contributed by atoms with Crippen molar-refractivity contribution in [3.8, 4) is 0 Å². The summed E-state index contributed by atoms with van der Waals surface area (Å²) in [5, 5.41) is 74.0. The number of amides is 1. The average Bonchev–Trinajstić information content (AvgIpc) is 3.00. The van der Waals surface area contributed by atoms with Gasteiger partial charge in [-0.3, -0.25) is 14.4 Å². The van der Waals surface area contributed by atoms with E-state index in [0.29, 0.717) is 0 Å². The maximum Gasteiger partial charge on any atom is 0.329 e. The van der Waals surface area contributed by atoms with Gasteiger partial charge in [0.05, 0.1) is 37.3 Å². The summed E-state index contributed by atoms with van der Waals surface area (Å²) in [7, 11) is 0. The maximum absolute atomic E-state index is 13.6. The van der Waals surface area contributed by atoms with Crippen LogP contribution in [0.2, 0.25) is 0 Å². The van der Waals surface area contributed by atoms with Crippen LogP contribution in [0.25, 0.3) is 0 Å². The van der Waals surface area contributed by atoms with Gasteiger partial charge in [-0.1, -0.05) is 0 Å². The van der Waals surface area contributed by atoms with E-state index in [1.165, 1.54) is 0 Å². The highest BCUT2D eigenvalue weighted by atomic mass is 16.7. The van der Waals surface area contributed by atoms with Gasteiger partial charge in [0.15, 0.2) is 12.6 Å². The molecule has 1 aliphatic carbocycles. The molecule has 19 nitrogen and oxygen atoms in total. The fraction of sp³-hybridized carbons (Fsp3) is 0.875. The van der Waals surface area contributed by atoms with Crippen LogP contribution >= 0.6 is 0 Å². The number of esters is 2. The zero-order chi connectivity index (χ0) is 38.6. The number of carboxylic acid groups (broad SMARTS) is 1. The molecule has 3 rings (SSSR count). The Kier molecular flexibility index (Phi) is 14.7. The lowest BCUT2D eigenvalue weighted by Crippen LogP contribution is -2.68. The van der Waals surface area contributed by atoms with Crippen LogP contribution in [0.1, 0.15) is 61.3 Å². The minimum absolute atomic E-state index is 0.273. The first-order valence-corrected chi connectivity index (χ1v) is 16.7. The highest BCUT2D eigenvalue weighted by Gasteiger charge is 2.54. The van der Waals surface area contributed by atoms with Gasteiger partial charge < -0.3 is 74.2 Å². The summed E-state index contributed by atoms with van der Waals surface area (Å²) in [6.07, 6.45) is -18.1. The molecule has 0 radical (unpaired) electrons. The fourth-order valence-corrected chi connectivity index (χ4v) is 6.15. The molecule has 3 fully saturated rings. The maximum atomic E-state index is 13.6. The van der Waals surface area contributed by atoms with Crippen molar-refractivity contribution in [1.29, 1.82) is 0 Å². The number of aliphatic hydroxyl groups excluding tert-OH is 6. The summed E-state index contributed by atoms with van der Waals surface area (Å²) in [5.74, 6) is -5.93. The van der Waals surface area contributed by atoms with Crippen molar-refractivity contribution in [3.63, 3.8) is 0 Å². The number of carbonyl (C=O) groups excluding carboxylic acids is 3. The van der Waals surface area contributed by atoms with E-state index < -0.39 is 140 Å². The van der Waals surface area contributed by atoms with Gasteiger partial charge in [-0.05, 0) is 54.4 Å². The van der Waals surface area contributed by atoms with E-state index in [9.17, 15) is 54.9 Å². The largest absolute Gasteiger partial charge is 0.480 e. The molecule has 294 valence electrons. The Balaban J connectivity index is 2.02. The van der Waals surface area contributed by atoms with Gasteiger partial charge in [0.2, 0.25) is 5.91 Å². The molecule has 0 aromatic carbocycles. The van der Waals surface area contributed by atoms with Crippen molar-refractivity contribution in [3.05, 3.63) is 0 Å². The lowest BCUT2D eigenvalue weighted by molar-refractivity contribution is -0.350. The van der Waals surface area contributed by atoms with E-state index in [0.717, 1.165) is 6.92 Å². The molecule has 2 heterocycles. The molecule has 0 unspecified atom stereocenters. The molecule has 51 heavy (non-hydrogen) atoms. The van der Waals surface area contributed by atoms with Crippen molar-refractivity contribution >= 4 is 23.8 Å². The van der Waals surface area contributed by atoms with Crippen molar-refractivity contribution in [2.75, 3.05) is 19.8 Å². The molecule has 8 N–H and O–H groups in total. The third-order valence-electron chi connectivity index (χ3n) is 8.38. The third kappa shape index (κ3) is 11.5. The Morgan fingerprint density at radius 3 is 1.67 bits per heavy atom. The molecule has 0 spiro atoms. The standard InChI is InChI=1S/C32H53NO18/c1-13(36)33-21-26(49-30-25(42)24(41)22(39)18(10-34)48-30)23(40)19(11-35)47-29(21)46-17-9-15(28(44)51-32(5,6)7)14(27(43)50-31(2,3)4)8-16(17)45-12-20(37)38/h14-19,21-26,29-30,34-35,39-42H,8-12H2,1-7H3,(H,33,36)(H,37,38)/t14-,15-,16+,17-,18-,19-,21-,22-,23-,24-,25-,26+,29+,30-/m0/s1. The van der Waals surface area contributed by atoms with Crippen LogP contribution in [0.5, 0.6) is 0 Å². The van der Waals surface area contributed by atoms with Crippen LogP contribution in [-0.4, -0.2) is 164 Å². The first kappa shape index (κ1) is 42.8. The minimum Gasteiger partial charge on any atom is -0.480 e. The summed E-state index contributed by atoms with van der Waals surface area (Å²) in [6.45, 7) is 8.48. The molecule has 2 aliphatic heterocycles. The predicted octanol–water partition coefficient (Wildman–Crippen LogP) is -2.68. The number of aliphatic carboxylic acids is 1. The zero-order valence-corrected chi connectivity index (χ0v) is 29.7. The van der Waals surface area contributed by atoms with Gasteiger partial charge in [-0.25, -0.2) is 4.79 Å². The molecule has 2 saturated heterocycles. The molecular weight excluding hydrogens is 686 g/mol. The van der Waals surface area contributed by atoms with Crippen LogP contribution in [0, 0.1) is 11.8 Å². The second-order valence-electron chi connectivity index (χ2n) is 14.9. The molecule has 0 aromatic heterocycles. The van der Waals surface area contributed by atoms with Crippen LogP contribution in [-0.2, 0) is 52.3 Å². The van der Waals surface area contributed by atoms with Crippen molar-refractivity contribution < 1.29 is 88.1 Å². The molecule has 19 heteroatoms. The van der Waals surface area contributed by atoms with E-state index in [1.54, 1.807) is 41.5 Å². The van der Waals surface area contributed by atoms with Crippen molar-refractivity contribution in [1.82, 2.24) is 5.32 Å². The van der Waals surface area contributed by atoms with E-state index >= 15 is 0 Å². The van der Waals surface area contributed by atoms with E-state index in [1.807, 2.05) is 0 Å². The van der Waals surface area contributed by atoms with Gasteiger partial charge in [0.1, 0.15) is 66.6 Å². The Bertz CT molecular complexity index is 1200. The number of ether oxygens (including phenoxy) is 7. The number of rotatable bonds is 12. The van der Waals surface area contributed by atoms with Gasteiger partial charge >= 0.3 is 17.9 Å². The quantitative estimate of drug-likeness (QED) is 0.0946. The monoisotopic (exact) mass is 739 g/mol. The average molecular weight is 740 g/mol. The Labute approximate surface area is 295 Å². The van der Waals surface area contributed by atoms with E-state index in [4.69, 9.17) is 33.2 Å². The molecular formula is C32H53NO18. The molecule has 0 aromatic rings. The van der Waals surface area contributed by atoms with Gasteiger partial charge in [0.25, 0.3) is 0 Å². The highest BCUT2D eigenvalue weighted by molar-refractivity contribution is 5.83. The summed E-state index contributed by atoms with van der Waals surface area (Å²) in [6, 6.07) is -1.48. The van der Waals surface area contributed by atoms with Crippen LogP contribution in [0.3, 0.4) is 0 Å². The number of nitrogens with one attached hydrogen (secondary N) is 1. The van der Waals surface area contributed by atoms with Gasteiger partial charge in [-0.15, -0.1) is 0 Å². The number of hydrogen-bond donors (Lipinski definition) is 8. The van der Waals surface area contributed by atoms with Crippen molar-refractivity contribution in [2.24, 2.45) is 11.8 Å². The second-order valence-corrected chi connectivity index (χ2v) is 14.9. The van der Waals surface area contributed by atoms with Gasteiger partial charge in [-0.2, -0.15) is 0 Å². The Hall–Kier alpha value is -2.56. The molecule has 1 saturated carbocycles. The smallest absolute Gasteiger partial charge is 0.329 e.